The number of hydrogen-bond donors (Lipinski definition) is 2. The van der Waals surface area contributed by atoms with Gasteiger partial charge in [-0.2, -0.15) is 0 Å². The zero-order valence-corrected chi connectivity index (χ0v) is 21.7. The van der Waals surface area contributed by atoms with Crippen LogP contribution in [0.5, 0.6) is 5.75 Å². The summed E-state index contributed by atoms with van der Waals surface area (Å²) < 4.78 is 35.2. The summed E-state index contributed by atoms with van der Waals surface area (Å²) in [6.07, 6.45) is 0.379. The minimum Gasteiger partial charge on any atom is -0.485 e. The third-order valence-corrected chi connectivity index (χ3v) is 5.73. The van der Waals surface area contributed by atoms with E-state index in [1.807, 2.05) is 0 Å². The van der Waals surface area contributed by atoms with Crippen molar-refractivity contribution in [2.24, 2.45) is 0 Å². The molecule has 2 N–H and O–H groups in total. The van der Waals surface area contributed by atoms with Crippen LogP contribution in [0.15, 0.2) is 30.5 Å². The van der Waals surface area contributed by atoms with Crippen molar-refractivity contribution in [3.05, 3.63) is 64.1 Å². The van der Waals surface area contributed by atoms with Gasteiger partial charge >= 0.3 is 6.09 Å². The molecule has 0 aliphatic heterocycles. The monoisotopic (exact) mass is 522 g/mol. The number of benzene rings is 1. The normalized spacial score (nSPS) is 12.0. The van der Waals surface area contributed by atoms with Crippen LogP contribution in [0.2, 0.25) is 5.02 Å². The molecule has 3 rings (SSSR count). The number of pyridine rings is 1. The van der Waals surface area contributed by atoms with Crippen molar-refractivity contribution in [1.82, 2.24) is 19.6 Å². The van der Waals surface area contributed by atoms with Crippen LogP contribution in [0.1, 0.15) is 56.4 Å². The summed E-state index contributed by atoms with van der Waals surface area (Å²) in [5.41, 5.74) is -1.10. The maximum Gasteiger partial charge on any atom is 0.407 e. The van der Waals surface area contributed by atoms with Crippen molar-refractivity contribution in [2.45, 2.75) is 59.2 Å². The second-order valence-corrected chi connectivity index (χ2v) is 10.6. The number of nitrogens with one attached hydrogen (secondary N) is 1. The molecule has 0 unspecified atom stereocenters. The summed E-state index contributed by atoms with van der Waals surface area (Å²) in [5.74, 6) is -1.87. The molecule has 0 atom stereocenters. The molecule has 2 heterocycles. The third-order valence-electron chi connectivity index (χ3n) is 5.52. The number of carbonyl (C=O) groups excluding carboxylic acids is 1. The van der Waals surface area contributed by atoms with E-state index in [-0.39, 0.29) is 34.2 Å². The number of hydrogen-bond acceptors (Lipinski definition) is 4. The highest BCUT2D eigenvalue weighted by Crippen LogP contribution is 2.28. The Balaban J connectivity index is 1.92. The lowest BCUT2D eigenvalue weighted by atomic mass is 9.99. The number of carboxylic acid groups (broad SMARTS) is 1. The first-order chi connectivity index (χ1) is 16.6. The van der Waals surface area contributed by atoms with E-state index in [1.165, 1.54) is 27.6 Å². The van der Waals surface area contributed by atoms with Gasteiger partial charge in [0.1, 0.15) is 23.9 Å². The molecule has 1 aromatic carbocycles. The first-order valence-corrected chi connectivity index (χ1v) is 11.6. The zero-order valence-electron chi connectivity index (χ0n) is 20.9. The van der Waals surface area contributed by atoms with Gasteiger partial charge in [-0.3, -0.25) is 9.20 Å². The molecule has 0 radical (unpaired) electrons. The lowest BCUT2D eigenvalue weighted by Crippen LogP contribution is -2.57. The highest BCUT2D eigenvalue weighted by atomic mass is 35.5. The maximum atomic E-state index is 14.0. The van der Waals surface area contributed by atoms with Gasteiger partial charge < -0.3 is 20.1 Å². The number of halogens is 3. The number of amides is 2. The van der Waals surface area contributed by atoms with Crippen LogP contribution in [0.25, 0.3) is 5.65 Å². The minimum atomic E-state index is -1.10. The van der Waals surface area contributed by atoms with Gasteiger partial charge in [0.2, 0.25) is 0 Å². The standard InChI is InChI=1S/C25H29ClF2N4O4/c1-14-20(22(33)30-25(5,6)13-32(23(34)35)24(2,3)4)31-11-15(26)10-19(21(31)29-14)36-12-16-17(27)8-7-9-18(16)28/h7-11H,12-13H2,1-6H3,(H,30,33)(H,34,35). The lowest BCUT2D eigenvalue weighted by molar-refractivity contribution is 0.0719. The summed E-state index contributed by atoms with van der Waals surface area (Å²) in [5, 5.41) is 12.7. The third kappa shape index (κ3) is 5.87. The Morgan fingerprint density at radius 2 is 1.81 bits per heavy atom. The Labute approximate surface area is 212 Å². The predicted octanol–water partition coefficient (Wildman–Crippen LogP) is 5.44. The maximum absolute atomic E-state index is 14.0. The van der Waals surface area contributed by atoms with Gasteiger partial charge in [0.05, 0.1) is 21.8 Å². The van der Waals surface area contributed by atoms with Gasteiger partial charge in [0, 0.05) is 24.3 Å². The quantitative estimate of drug-likeness (QED) is 0.431. The van der Waals surface area contributed by atoms with Crippen LogP contribution in [0, 0.1) is 18.6 Å². The van der Waals surface area contributed by atoms with E-state index < -0.39 is 41.3 Å². The van der Waals surface area contributed by atoms with Gasteiger partial charge in [0.15, 0.2) is 11.4 Å². The number of nitrogens with zero attached hydrogens (tertiary/aromatic N) is 3. The summed E-state index contributed by atoms with van der Waals surface area (Å²) in [4.78, 5) is 30.8. The largest absolute Gasteiger partial charge is 0.485 e. The molecule has 0 aliphatic carbocycles. The molecule has 2 amide bonds. The summed E-state index contributed by atoms with van der Waals surface area (Å²) in [6, 6.07) is 4.96. The zero-order chi connectivity index (χ0) is 27.0. The Bertz CT molecular complexity index is 1300. The van der Waals surface area contributed by atoms with E-state index in [1.54, 1.807) is 41.5 Å². The van der Waals surface area contributed by atoms with Crippen LogP contribution in [-0.2, 0) is 6.61 Å². The van der Waals surface area contributed by atoms with Crippen molar-refractivity contribution in [3.63, 3.8) is 0 Å². The fourth-order valence-corrected chi connectivity index (χ4v) is 3.99. The van der Waals surface area contributed by atoms with Crippen molar-refractivity contribution >= 4 is 29.2 Å². The number of carbonyl (C=O) groups is 2. The van der Waals surface area contributed by atoms with E-state index in [0.717, 1.165) is 12.1 Å². The van der Waals surface area contributed by atoms with E-state index in [9.17, 15) is 23.5 Å². The first kappa shape index (κ1) is 27.2. The van der Waals surface area contributed by atoms with Crippen LogP contribution in [0.4, 0.5) is 13.6 Å². The van der Waals surface area contributed by atoms with Gasteiger partial charge in [0.25, 0.3) is 5.91 Å². The molecule has 2 aromatic heterocycles. The molecule has 11 heteroatoms. The fraction of sp³-hybridized carbons (Fsp3) is 0.400. The van der Waals surface area contributed by atoms with E-state index in [2.05, 4.69) is 10.3 Å². The molecule has 8 nitrogen and oxygen atoms in total. The minimum absolute atomic E-state index is 0.0384. The number of fused-ring (bicyclic) bond motifs is 1. The molecular weight excluding hydrogens is 494 g/mol. The SMILES string of the molecule is Cc1nc2c(OCc3c(F)cccc3F)cc(Cl)cn2c1C(=O)NC(C)(C)CN(C(=O)O)C(C)(C)C. The fourth-order valence-electron chi connectivity index (χ4n) is 3.79. The molecule has 0 fully saturated rings. The second-order valence-electron chi connectivity index (χ2n) is 10.1. The topological polar surface area (TPSA) is 96.2 Å². The molecule has 0 saturated heterocycles. The van der Waals surface area contributed by atoms with Crippen molar-refractivity contribution in [1.29, 1.82) is 0 Å². The summed E-state index contributed by atoms with van der Waals surface area (Å²) >= 11 is 6.26. The number of aromatic nitrogens is 2. The van der Waals surface area contributed by atoms with Crippen molar-refractivity contribution in [3.8, 4) is 5.75 Å². The molecule has 0 saturated carbocycles. The summed E-state index contributed by atoms with van der Waals surface area (Å²) in [6.45, 7) is 10.00. The van der Waals surface area contributed by atoms with Crippen molar-refractivity contribution < 1.29 is 28.2 Å². The van der Waals surface area contributed by atoms with E-state index in [0.29, 0.717) is 5.69 Å². The lowest BCUT2D eigenvalue weighted by Gasteiger charge is -2.39. The van der Waals surface area contributed by atoms with E-state index >= 15 is 0 Å². The molecule has 194 valence electrons. The van der Waals surface area contributed by atoms with Crippen LogP contribution >= 0.6 is 11.6 Å². The summed E-state index contributed by atoms with van der Waals surface area (Å²) in [7, 11) is 0. The van der Waals surface area contributed by atoms with Crippen LogP contribution < -0.4 is 10.1 Å². The van der Waals surface area contributed by atoms with Crippen molar-refractivity contribution in [2.75, 3.05) is 6.54 Å². The Morgan fingerprint density at radius 1 is 1.19 bits per heavy atom. The number of aryl methyl sites for hydroxylation is 1. The van der Waals surface area contributed by atoms with Gasteiger partial charge in [-0.25, -0.2) is 18.6 Å². The van der Waals surface area contributed by atoms with Crippen LogP contribution in [0.3, 0.4) is 0 Å². The first-order valence-electron chi connectivity index (χ1n) is 11.2. The Morgan fingerprint density at radius 3 is 2.36 bits per heavy atom. The molecular formula is C25H29ClF2N4O4. The Kier molecular flexibility index (Phi) is 7.50. The van der Waals surface area contributed by atoms with E-state index in [4.69, 9.17) is 16.3 Å². The molecule has 0 bridgehead atoms. The predicted molar refractivity (Wildman–Crippen MR) is 132 cm³/mol. The second kappa shape index (κ2) is 9.93. The highest BCUT2D eigenvalue weighted by Gasteiger charge is 2.34. The average Bonchev–Trinajstić information content (AvgIpc) is 3.06. The highest BCUT2D eigenvalue weighted by molar-refractivity contribution is 6.30. The average molecular weight is 523 g/mol. The number of ether oxygens (including phenoxy) is 1. The number of imidazole rings is 1. The molecule has 0 spiro atoms. The molecule has 0 aliphatic rings. The van der Waals surface area contributed by atoms with Crippen LogP contribution in [-0.4, -0.2) is 49.0 Å². The van der Waals surface area contributed by atoms with Gasteiger partial charge in [-0.1, -0.05) is 17.7 Å². The smallest absolute Gasteiger partial charge is 0.407 e. The molecule has 3 aromatic rings. The Hall–Kier alpha value is -3.40. The van der Waals surface area contributed by atoms with Gasteiger partial charge in [-0.15, -0.1) is 0 Å². The van der Waals surface area contributed by atoms with Gasteiger partial charge in [-0.05, 0) is 53.7 Å². The number of rotatable bonds is 7. The molecule has 36 heavy (non-hydrogen) atoms.